The summed E-state index contributed by atoms with van der Waals surface area (Å²) >= 11 is 1.49. The van der Waals surface area contributed by atoms with Crippen molar-refractivity contribution >= 4 is 17.2 Å². The van der Waals surface area contributed by atoms with E-state index < -0.39 is 0 Å². The van der Waals surface area contributed by atoms with E-state index >= 15 is 0 Å². The number of hydrogen-bond donors (Lipinski definition) is 0. The van der Waals surface area contributed by atoms with E-state index in [1.807, 2.05) is 38.2 Å². The van der Waals surface area contributed by atoms with Crippen LogP contribution in [0.5, 0.6) is 0 Å². The van der Waals surface area contributed by atoms with Gasteiger partial charge in [0.05, 0.1) is 22.9 Å². The van der Waals surface area contributed by atoms with Crippen molar-refractivity contribution in [2.75, 3.05) is 6.54 Å². The molecule has 0 aromatic carbocycles. The van der Waals surface area contributed by atoms with E-state index in [1.54, 1.807) is 4.68 Å². The first-order valence-corrected chi connectivity index (χ1v) is 7.61. The molecule has 6 heteroatoms. The predicted octanol–water partition coefficient (Wildman–Crippen LogP) is 2.47. The molecular weight excluding hydrogens is 272 g/mol. The molecule has 0 saturated carbocycles. The molecule has 1 atom stereocenters. The van der Waals surface area contributed by atoms with Crippen molar-refractivity contribution in [1.82, 2.24) is 19.7 Å². The van der Waals surface area contributed by atoms with Crippen molar-refractivity contribution in [3.63, 3.8) is 0 Å². The Hall–Kier alpha value is -1.69. The Morgan fingerprint density at radius 3 is 2.85 bits per heavy atom. The van der Waals surface area contributed by atoms with Gasteiger partial charge in [0, 0.05) is 25.4 Å². The van der Waals surface area contributed by atoms with E-state index in [0.717, 1.165) is 40.5 Å². The molecule has 1 amide bonds. The van der Waals surface area contributed by atoms with E-state index in [4.69, 9.17) is 0 Å². The third-order valence-corrected chi connectivity index (χ3v) is 4.78. The molecule has 0 N–H and O–H groups in total. The molecule has 0 unspecified atom stereocenters. The molecule has 3 rings (SSSR count). The van der Waals surface area contributed by atoms with Gasteiger partial charge < -0.3 is 4.90 Å². The number of carbonyl (C=O) groups is 1. The van der Waals surface area contributed by atoms with Gasteiger partial charge in [0.2, 0.25) is 0 Å². The normalized spacial score (nSPS) is 18.8. The zero-order chi connectivity index (χ0) is 14.3. The largest absolute Gasteiger partial charge is 0.331 e. The highest BCUT2D eigenvalue weighted by Crippen LogP contribution is 2.34. The van der Waals surface area contributed by atoms with Crippen LogP contribution in [0.4, 0.5) is 0 Å². The number of aromatic nitrogens is 3. The van der Waals surface area contributed by atoms with E-state index in [0.29, 0.717) is 0 Å². The number of thiazole rings is 1. The summed E-state index contributed by atoms with van der Waals surface area (Å²) in [7, 11) is 1.90. The fourth-order valence-corrected chi connectivity index (χ4v) is 3.70. The van der Waals surface area contributed by atoms with Crippen LogP contribution < -0.4 is 0 Å². The molecule has 0 radical (unpaired) electrons. The van der Waals surface area contributed by atoms with E-state index in [1.165, 1.54) is 11.3 Å². The molecule has 1 aliphatic heterocycles. The highest BCUT2D eigenvalue weighted by molar-refractivity contribution is 7.13. The Labute approximate surface area is 122 Å². The molecule has 1 aliphatic rings. The summed E-state index contributed by atoms with van der Waals surface area (Å²) in [6, 6.07) is 0.151. The zero-order valence-corrected chi connectivity index (χ0v) is 12.8. The first kappa shape index (κ1) is 13.3. The molecule has 5 nitrogen and oxygen atoms in total. The van der Waals surface area contributed by atoms with Crippen LogP contribution in [0.15, 0.2) is 12.4 Å². The molecule has 20 heavy (non-hydrogen) atoms. The second-order valence-corrected chi connectivity index (χ2v) is 6.45. The zero-order valence-electron chi connectivity index (χ0n) is 12.0. The van der Waals surface area contributed by atoms with Gasteiger partial charge in [0.15, 0.2) is 0 Å². The summed E-state index contributed by atoms with van der Waals surface area (Å²) in [5, 5.41) is 5.17. The maximum absolute atomic E-state index is 12.7. The SMILES string of the molecule is Cc1nc(C)c(C(=O)N2CCC[C@H]2c2cnn(C)c2)s1. The summed E-state index contributed by atoms with van der Waals surface area (Å²) in [4.78, 5) is 19.8. The predicted molar refractivity (Wildman–Crippen MR) is 77.8 cm³/mol. The number of likely N-dealkylation sites (tertiary alicyclic amines) is 1. The lowest BCUT2D eigenvalue weighted by molar-refractivity contribution is 0.0739. The monoisotopic (exact) mass is 290 g/mol. The van der Waals surface area contributed by atoms with E-state index in [-0.39, 0.29) is 11.9 Å². The van der Waals surface area contributed by atoms with Crippen molar-refractivity contribution < 1.29 is 4.79 Å². The Kier molecular flexibility index (Phi) is 3.33. The van der Waals surface area contributed by atoms with Crippen LogP contribution in [0.3, 0.4) is 0 Å². The van der Waals surface area contributed by atoms with Crippen LogP contribution in [-0.4, -0.2) is 32.1 Å². The Morgan fingerprint density at radius 2 is 2.25 bits per heavy atom. The third kappa shape index (κ3) is 2.24. The number of amides is 1. The molecule has 0 spiro atoms. The molecule has 1 fully saturated rings. The topological polar surface area (TPSA) is 51.0 Å². The average Bonchev–Trinajstić information content (AvgIpc) is 3.08. The van der Waals surface area contributed by atoms with Crippen molar-refractivity contribution in [1.29, 1.82) is 0 Å². The summed E-state index contributed by atoms with van der Waals surface area (Å²) in [5.41, 5.74) is 1.96. The first-order valence-electron chi connectivity index (χ1n) is 6.80. The van der Waals surface area contributed by atoms with Gasteiger partial charge in [-0.3, -0.25) is 9.48 Å². The van der Waals surface area contributed by atoms with Gasteiger partial charge in [-0.25, -0.2) is 4.98 Å². The van der Waals surface area contributed by atoms with Gasteiger partial charge in [-0.2, -0.15) is 5.10 Å². The molecule has 2 aromatic rings. The van der Waals surface area contributed by atoms with Gasteiger partial charge in [0.1, 0.15) is 4.88 Å². The lowest BCUT2D eigenvalue weighted by Gasteiger charge is -2.23. The van der Waals surface area contributed by atoms with Crippen LogP contribution in [0.1, 0.15) is 44.8 Å². The maximum atomic E-state index is 12.7. The smallest absolute Gasteiger partial charge is 0.266 e. The number of carbonyl (C=O) groups excluding carboxylic acids is 1. The van der Waals surface area contributed by atoms with Crippen LogP contribution in [0, 0.1) is 13.8 Å². The summed E-state index contributed by atoms with van der Waals surface area (Å²) < 4.78 is 1.79. The van der Waals surface area contributed by atoms with Gasteiger partial charge >= 0.3 is 0 Å². The fourth-order valence-electron chi connectivity index (χ4n) is 2.83. The Balaban J connectivity index is 1.89. The number of rotatable bonds is 2. The van der Waals surface area contributed by atoms with Crippen molar-refractivity contribution in [2.24, 2.45) is 7.05 Å². The number of nitrogens with zero attached hydrogens (tertiary/aromatic N) is 4. The molecule has 0 bridgehead atoms. The molecule has 0 aliphatic carbocycles. The molecule has 1 saturated heterocycles. The Bertz CT molecular complexity index is 645. The standard InChI is InChI=1S/C14H18N4OS/c1-9-13(20-10(2)16-9)14(19)18-6-4-5-12(18)11-7-15-17(3)8-11/h7-8,12H,4-6H2,1-3H3/t12-/m0/s1. The highest BCUT2D eigenvalue weighted by atomic mass is 32.1. The third-order valence-electron chi connectivity index (χ3n) is 3.72. The lowest BCUT2D eigenvalue weighted by Crippen LogP contribution is -2.30. The highest BCUT2D eigenvalue weighted by Gasteiger charge is 2.32. The summed E-state index contributed by atoms with van der Waals surface area (Å²) in [5.74, 6) is 0.111. The second-order valence-electron chi connectivity index (χ2n) is 5.25. The first-order chi connectivity index (χ1) is 9.56. The lowest BCUT2D eigenvalue weighted by atomic mass is 10.1. The van der Waals surface area contributed by atoms with Gasteiger partial charge in [0.25, 0.3) is 5.91 Å². The molecule has 3 heterocycles. The quantitative estimate of drug-likeness (QED) is 0.853. The van der Waals surface area contributed by atoms with E-state index in [2.05, 4.69) is 10.1 Å². The molecular formula is C14H18N4OS. The number of hydrogen-bond acceptors (Lipinski definition) is 4. The van der Waals surface area contributed by atoms with Crippen LogP contribution in [0.2, 0.25) is 0 Å². The van der Waals surface area contributed by atoms with Crippen molar-refractivity contribution in [3.8, 4) is 0 Å². The van der Waals surface area contributed by atoms with Crippen molar-refractivity contribution in [3.05, 3.63) is 33.5 Å². The van der Waals surface area contributed by atoms with Gasteiger partial charge in [-0.1, -0.05) is 0 Å². The van der Waals surface area contributed by atoms with Gasteiger partial charge in [-0.05, 0) is 26.7 Å². The second kappa shape index (κ2) is 5.01. The minimum Gasteiger partial charge on any atom is -0.331 e. The minimum atomic E-state index is 0.111. The van der Waals surface area contributed by atoms with Crippen LogP contribution >= 0.6 is 11.3 Å². The minimum absolute atomic E-state index is 0.111. The molecule has 106 valence electrons. The van der Waals surface area contributed by atoms with Crippen molar-refractivity contribution in [2.45, 2.75) is 32.7 Å². The summed E-state index contributed by atoms with van der Waals surface area (Å²) in [6.45, 7) is 4.66. The van der Waals surface area contributed by atoms with Gasteiger partial charge in [-0.15, -0.1) is 11.3 Å². The summed E-state index contributed by atoms with van der Waals surface area (Å²) in [6.07, 6.45) is 5.92. The Morgan fingerprint density at radius 1 is 1.45 bits per heavy atom. The van der Waals surface area contributed by atoms with Crippen LogP contribution in [0.25, 0.3) is 0 Å². The fraction of sp³-hybridized carbons (Fsp3) is 0.500. The maximum Gasteiger partial charge on any atom is 0.266 e. The number of aryl methyl sites for hydroxylation is 3. The van der Waals surface area contributed by atoms with Crippen LogP contribution in [-0.2, 0) is 7.05 Å². The molecule has 2 aromatic heterocycles. The van der Waals surface area contributed by atoms with E-state index in [9.17, 15) is 4.79 Å². The average molecular weight is 290 g/mol.